The molecule has 84 valence electrons. The van der Waals surface area contributed by atoms with E-state index >= 15 is 0 Å². The molecule has 15 heavy (non-hydrogen) atoms. The highest BCUT2D eigenvalue weighted by atomic mass is 16.7. The Hall–Kier alpha value is -0.780. The summed E-state index contributed by atoms with van der Waals surface area (Å²) < 4.78 is 11.0. The highest BCUT2D eigenvalue weighted by molar-refractivity contribution is 4.99. The van der Waals surface area contributed by atoms with Crippen molar-refractivity contribution in [1.29, 1.82) is 0 Å². The van der Waals surface area contributed by atoms with Gasteiger partial charge in [0.15, 0.2) is 6.29 Å². The molecule has 0 saturated carbocycles. The molecular formula is C13H20O2. The third-order valence-electron chi connectivity index (χ3n) is 2.27. The SMILES string of the molecule is C=CCCC#CCCOC1CCCCO1. The quantitative estimate of drug-likeness (QED) is 0.393. The van der Waals surface area contributed by atoms with Crippen molar-refractivity contribution < 1.29 is 9.47 Å². The summed E-state index contributed by atoms with van der Waals surface area (Å²) in [4.78, 5) is 0. The maximum absolute atomic E-state index is 5.54. The van der Waals surface area contributed by atoms with E-state index in [0.29, 0.717) is 6.61 Å². The molecule has 0 radical (unpaired) electrons. The van der Waals surface area contributed by atoms with Gasteiger partial charge in [-0.1, -0.05) is 6.08 Å². The van der Waals surface area contributed by atoms with E-state index < -0.39 is 0 Å². The predicted octanol–water partition coefficient (Wildman–Crippen LogP) is 2.89. The molecule has 1 fully saturated rings. The fourth-order valence-corrected chi connectivity index (χ4v) is 1.44. The van der Waals surface area contributed by atoms with Gasteiger partial charge in [-0.2, -0.15) is 0 Å². The van der Waals surface area contributed by atoms with E-state index in [1.165, 1.54) is 12.8 Å². The Bertz CT molecular complexity index is 218. The summed E-state index contributed by atoms with van der Waals surface area (Å²) >= 11 is 0. The Kier molecular flexibility index (Phi) is 6.98. The van der Waals surface area contributed by atoms with Crippen LogP contribution in [0.15, 0.2) is 12.7 Å². The molecule has 0 N–H and O–H groups in total. The van der Waals surface area contributed by atoms with E-state index in [-0.39, 0.29) is 6.29 Å². The summed E-state index contributed by atoms with van der Waals surface area (Å²) in [5.41, 5.74) is 0. The Morgan fingerprint density at radius 2 is 2.20 bits per heavy atom. The molecule has 0 aliphatic carbocycles. The summed E-state index contributed by atoms with van der Waals surface area (Å²) in [6.07, 6.45) is 8.01. The average molecular weight is 208 g/mol. The molecule has 0 aromatic carbocycles. The van der Waals surface area contributed by atoms with Gasteiger partial charge in [0.05, 0.1) is 6.61 Å². The zero-order valence-electron chi connectivity index (χ0n) is 9.34. The molecule has 1 saturated heterocycles. The van der Waals surface area contributed by atoms with Gasteiger partial charge in [0.25, 0.3) is 0 Å². The third-order valence-corrected chi connectivity index (χ3v) is 2.27. The second kappa shape index (κ2) is 8.52. The first-order valence-corrected chi connectivity index (χ1v) is 5.73. The number of allylic oxidation sites excluding steroid dienone is 1. The third kappa shape index (κ3) is 6.33. The van der Waals surface area contributed by atoms with Crippen LogP contribution in [0.5, 0.6) is 0 Å². The molecule has 0 aromatic rings. The van der Waals surface area contributed by atoms with E-state index in [9.17, 15) is 0 Å². The van der Waals surface area contributed by atoms with Crippen LogP contribution >= 0.6 is 0 Å². The molecule has 1 atom stereocenters. The van der Waals surface area contributed by atoms with E-state index in [1.807, 2.05) is 6.08 Å². The van der Waals surface area contributed by atoms with E-state index in [0.717, 1.165) is 32.3 Å². The summed E-state index contributed by atoms with van der Waals surface area (Å²) in [5.74, 6) is 6.16. The molecule has 1 heterocycles. The van der Waals surface area contributed by atoms with Crippen LogP contribution in [0.1, 0.15) is 38.5 Å². The molecule has 1 unspecified atom stereocenters. The first-order valence-electron chi connectivity index (χ1n) is 5.73. The lowest BCUT2D eigenvalue weighted by Gasteiger charge is -2.22. The summed E-state index contributed by atoms with van der Waals surface area (Å²) in [6.45, 7) is 5.18. The first-order chi connectivity index (χ1) is 7.43. The highest BCUT2D eigenvalue weighted by Gasteiger charge is 2.12. The topological polar surface area (TPSA) is 18.5 Å². The Balaban J connectivity index is 1.94. The van der Waals surface area contributed by atoms with Crippen molar-refractivity contribution in [3.05, 3.63) is 12.7 Å². The molecule has 0 bridgehead atoms. The lowest BCUT2D eigenvalue weighted by atomic mass is 10.2. The minimum atomic E-state index is 0.0220. The van der Waals surface area contributed by atoms with Gasteiger partial charge in [0.1, 0.15) is 0 Å². The van der Waals surface area contributed by atoms with Crippen LogP contribution in [0.4, 0.5) is 0 Å². The van der Waals surface area contributed by atoms with Crippen LogP contribution in [-0.2, 0) is 9.47 Å². The number of ether oxygens (including phenoxy) is 2. The molecule has 1 rings (SSSR count). The summed E-state index contributed by atoms with van der Waals surface area (Å²) in [5, 5.41) is 0. The molecule has 1 aliphatic heterocycles. The maximum Gasteiger partial charge on any atom is 0.157 e. The second-order valence-electron chi connectivity index (χ2n) is 3.60. The van der Waals surface area contributed by atoms with Gasteiger partial charge in [0, 0.05) is 19.4 Å². The van der Waals surface area contributed by atoms with Gasteiger partial charge in [-0.3, -0.25) is 0 Å². The van der Waals surface area contributed by atoms with Crippen LogP contribution in [0.25, 0.3) is 0 Å². The van der Waals surface area contributed by atoms with E-state index in [4.69, 9.17) is 9.47 Å². The zero-order chi connectivity index (χ0) is 10.8. The lowest BCUT2D eigenvalue weighted by Crippen LogP contribution is -2.22. The molecule has 0 aromatic heterocycles. The van der Waals surface area contributed by atoms with Crippen LogP contribution < -0.4 is 0 Å². The van der Waals surface area contributed by atoms with Gasteiger partial charge in [0.2, 0.25) is 0 Å². The molecule has 0 spiro atoms. The van der Waals surface area contributed by atoms with Crippen LogP contribution in [-0.4, -0.2) is 19.5 Å². The second-order valence-corrected chi connectivity index (χ2v) is 3.60. The average Bonchev–Trinajstić information content (AvgIpc) is 2.29. The van der Waals surface area contributed by atoms with Gasteiger partial charge in [-0.15, -0.1) is 18.4 Å². The summed E-state index contributed by atoms with van der Waals surface area (Å²) in [6, 6.07) is 0. The molecular weight excluding hydrogens is 188 g/mol. The van der Waals surface area contributed by atoms with Crippen LogP contribution in [0.2, 0.25) is 0 Å². The smallest absolute Gasteiger partial charge is 0.157 e. The van der Waals surface area contributed by atoms with Gasteiger partial charge < -0.3 is 9.47 Å². The zero-order valence-corrected chi connectivity index (χ0v) is 9.34. The maximum atomic E-state index is 5.54. The van der Waals surface area contributed by atoms with Crippen molar-refractivity contribution in [2.75, 3.05) is 13.2 Å². The van der Waals surface area contributed by atoms with Crippen molar-refractivity contribution in [1.82, 2.24) is 0 Å². The van der Waals surface area contributed by atoms with Crippen LogP contribution in [0, 0.1) is 11.8 Å². The van der Waals surface area contributed by atoms with Gasteiger partial charge >= 0.3 is 0 Å². The van der Waals surface area contributed by atoms with Crippen molar-refractivity contribution in [2.45, 2.75) is 44.8 Å². The Morgan fingerprint density at radius 3 is 2.93 bits per heavy atom. The fourth-order valence-electron chi connectivity index (χ4n) is 1.44. The normalized spacial score (nSPS) is 20.4. The minimum Gasteiger partial charge on any atom is -0.353 e. The monoisotopic (exact) mass is 208 g/mol. The predicted molar refractivity (Wildman–Crippen MR) is 61.4 cm³/mol. The number of rotatable bonds is 5. The van der Waals surface area contributed by atoms with Crippen molar-refractivity contribution in [2.24, 2.45) is 0 Å². The molecule has 2 heteroatoms. The minimum absolute atomic E-state index is 0.0220. The standard InChI is InChI=1S/C13H20O2/c1-2-3-4-5-6-8-11-14-13-10-7-9-12-15-13/h2,13H,1,3-4,7-12H2. The van der Waals surface area contributed by atoms with Crippen molar-refractivity contribution in [3.8, 4) is 11.8 Å². The molecule has 2 nitrogen and oxygen atoms in total. The van der Waals surface area contributed by atoms with E-state index in [2.05, 4.69) is 18.4 Å². The fraction of sp³-hybridized carbons (Fsp3) is 0.692. The number of hydrogen-bond acceptors (Lipinski definition) is 2. The van der Waals surface area contributed by atoms with Crippen LogP contribution in [0.3, 0.4) is 0 Å². The summed E-state index contributed by atoms with van der Waals surface area (Å²) in [7, 11) is 0. The Morgan fingerprint density at radius 1 is 1.33 bits per heavy atom. The molecule has 0 amide bonds. The number of hydrogen-bond donors (Lipinski definition) is 0. The van der Waals surface area contributed by atoms with E-state index in [1.54, 1.807) is 0 Å². The lowest BCUT2D eigenvalue weighted by molar-refractivity contribution is -0.161. The molecule has 1 aliphatic rings. The van der Waals surface area contributed by atoms with Crippen molar-refractivity contribution >= 4 is 0 Å². The number of unbranched alkanes of at least 4 members (excludes halogenated alkanes) is 1. The highest BCUT2D eigenvalue weighted by Crippen LogP contribution is 2.13. The van der Waals surface area contributed by atoms with Gasteiger partial charge in [-0.05, 0) is 25.7 Å². The van der Waals surface area contributed by atoms with Crippen molar-refractivity contribution in [3.63, 3.8) is 0 Å². The largest absolute Gasteiger partial charge is 0.353 e. The Labute approximate surface area is 92.6 Å². The van der Waals surface area contributed by atoms with Gasteiger partial charge in [-0.25, -0.2) is 0 Å². The first kappa shape index (κ1) is 12.3.